The van der Waals surface area contributed by atoms with E-state index in [1.54, 1.807) is 10.4 Å². The van der Waals surface area contributed by atoms with Crippen molar-refractivity contribution < 1.29 is 8.42 Å². The molecule has 0 bridgehead atoms. The van der Waals surface area contributed by atoms with E-state index in [-0.39, 0.29) is 6.04 Å². The molecule has 1 aliphatic rings. The predicted molar refractivity (Wildman–Crippen MR) is 85.5 cm³/mol. The van der Waals surface area contributed by atoms with Crippen LogP contribution in [0.4, 0.5) is 0 Å². The van der Waals surface area contributed by atoms with Gasteiger partial charge in [-0.1, -0.05) is 31.9 Å². The molecule has 1 aromatic carbocycles. The van der Waals surface area contributed by atoms with Crippen LogP contribution in [0.5, 0.6) is 0 Å². The first kappa shape index (κ1) is 16.5. The van der Waals surface area contributed by atoms with Crippen LogP contribution in [-0.4, -0.2) is 25.3 Å². The summed E-state index contributed by atoms with van der Waals surface area (Å²) in [7, 11) is -3.43. The highest BCUT2D eigenvalue weighted by Crippen LogP contribution is 2.27. The zero-order chi connectivity index (χ0) is 15.5. The summed E-state index contributed by atoms with van der Waals surface area (Å²) in [5.74, 6) is 0. The molecule has 1 saturated heterocycles. The molecular weight excluding hydrogens is 284 g/mol. The van der Waals surface area contributed by atoms with E-state index in [4.69, 9.17) is 5.73 Å². The molecule has 1 atom stereocenters. The lowest BCUT2D eigenvalue weighted by molar-refractivity contribution is 0.342. The zero-order valence-electron chi connectivity index (χ0n) is 13.0. The number of benzene rings is 1. The maximum atomic E-state index is 13.1. The van der Waals surface area contributed by atoms with Gasteiger partial charge >= 0.3 is 0 Å². The number of aryl methyl sites for hydroxylation is 1. The number of rotatable bonds is 4. The van der Waals surface area contributed by atoms with Gasteiger partial charge in [0.2, 0.25) is 10.0 Å². The first-order valence-corrected chi connectivity index (χ1v) is 9.28. The summed E-state index contributed by atoms with van der Waals surface area (Å²) >= 11 is 0. The van der Waals surface area contributed by atoms with E-state index < -0.39 is 10.0 Å². The van der Waals surface area contributed by atoms with E-state index in [2.05, 4.69) is 0 Å². The van der Waals surface area contributed by atoms with Crippen molar-refractivity contribution in [3.05, 3.63) is 29.3 Å². The van der Waals surface area contributed by atoms with E-state index in [0.717, 1.165) is 36.8 Å². The van der Waals surface area contributed by atoms with Crippen molar-refractivity contribution in [3.8, 4) is 0 Å². The Hall–Kier alpha value is -0.910. The second-order valence-electron chi connectivity index (χ2n) is 5.81. The van der Waals surface area contributed by atoms with Gasteiger partial charge in [0.15, 0.2) is 0 Å². The highest BCUT2D eigenvalue weighted by atomic mass is 32.2. The summed E-state index contributed by atoms with van der Waals surface area (Å²) in [4.78, 5) is 0.446. The molecule has 5 heteroatoms. The lowest BCUT2D eigenvalue weighted by Crippen LogP contribution is -2.38. The molecule has 21 heavy (non-hydrogen) atoms. The van der Waals surface area contributed by atoms with Crippen molar-refractivity contribution in [1.29, 1.82) is 0 Å². The molecule has 118 valence electrons. The Labute approximate surface area is 128 Å². The third kappa shape index (κ3) is 3.47. The van der Waals surface area contributed by atoms with Crippen LogP contribution >= 0.6 is 0 Å². The van der Waals surface area contributed by atoms with Gasteiger partial charge in [0.25, 0.3) is 0 Å². The molecule has 0 radical (unpaired) electrons. The number of nitrogens with zero attached hydrogens (tertiary/aromatic N) is 1. The smallest absolute Gasteiger partial charge is 0.243 e. The van der Waals surface area contributed by atoms with Gasteiger partial charge in [-0.25, -0.2) is 8.42 Å². The average molecular weight is 310 g/mol. The molecule has 4 nitrogen and oxygen atoms in total. The lowest BCUT2D eigenvalue weighted by atomic mass is 10.1. The van der Waals surface area contributed by atoms with Gasteiger partial charge in [-0.05, 0) is 43.4 Å². The molecule has 0 aliphatic carbocycles. The minimum Gasteiger partial charge on any atom is -0.326 e. The van der Waals surface area contributed by atoms with Crippen LogP contribution in [0.3, 0.4) is 0 Å². The summed E-state index contributed by atoms with van der Waals surface area (Å²) < 4.78 is 27.9. The third-order valence-corrected chi connectivity index (χ3v) is 6.42. The van der Waals surface area contributed by atoms with Crippen LogP contribution in [0.1, 0.15) is 50.7 Å². The fourth-order valence-electron chi connectivity index (χ4n) is 2.99. The van der Waals surface area contributed by atoms with Crippen molar-refractivity contribution in [1.82, 2.24) is 4.31 Å². The molecule has 1 fully saturated rings. The maximum Gasteiger partial charge on any atom is 0.243 e. The summed E-state index contributed by atoms with van der Waals surface area (Å²) in [5, 5.41) is 0. The molecule has 0 saturated carbocycles. The van der Waals surface area contributed by atoms with Crippen molar-refractivity contribution in [2.45, 2.75) is 63.4 Å². The monoisotopic (exact) mass is 310 g/mol. The molecule has 1 heterocycles. The van der Waals surface area contributed by atoms with Crippen LogP contribution in [-0.2, 0) is 23.0 Å². The average Bonchev–Trinajstić information content (AvgIpc) is 2.71. The Kier molecular flexibility index (Phi) is 5.41. The Morgan fingerprint density at radius 1 is 1.29 bits per heavy atom. The number of sulfonamides is 1. The van der Waals surface area contributed by atoms with Crippen molar-refractivity contribution in [2.24, 2.45) is 5.73 Å². The largest absolute Gasteiger partial charge is 0.326 e. The van der Waals surface area contributed by atoms with Crippen LogP contribution in [0.15, 0.2) is 23.1 Å². The standard InChI is InChI=1S/C16H26N2O2S/c1-3-15-9-8-14(12-17)11-16(15)21(19,20)18-10-6-4-5-7-13(18)2/h8-9,11,13H,3-7,10,12,17H2,1-2H3. The van der Waals surface area contributed by atoms with Gasteiger partial charge in [0.1, 0.15) is 0 Å². The van der Waals surface area contributed by atoms with Gasteiger partial charge in [0, 0.05) is 19.1 Å². The minimum atomic E-state index is -3.43. The van der Waals surface area contributed by atoms with Crippen molar-refractivity contribution >= 4 is 10.0 Å². The second kappa shape index (κ2) is 6.90. The lowest BCUT2D eigenvalue weighted by Gasteiger charge is -2.27. The normalized spacial score (nSPS) is 21.2. The Bertz CT molecular complexity index is 584. The minimum absolute atomic E-state index is 0.0729. The summed E-state index contributed by atoms with van der Waals surface area (Å²) in [6.07, 6.45) is 4.82. The van der Waals surface area contributed by atoms with E-state index in [0.29, 0.717) is 24.4 Å². The number of nitrogens with two attached hydrogens (primary N) is 1. The predicted octanol–water partition coefficient (Wildman–Crippen LogP) is 2.66. The zero-order valence-corrected chi connectivity index (χ0v) is 13.8. The third-order valence-electron chi connectivity index (χ3n) is 4.33. The molecule has 1 unspecified atom stereocenters. The van der Waals surface area contributed by atoms with E-state index in [9.17, 15) is 8.42 Å². The summed E-state index contributed by atoms with van der Waals surface area (Å²) in [6, 6.07) is 5.65. The summed E-state index contributed by atoms with van der Waals surface area (Å²) in [5.41, 5.74) is 7.42. The van der Waals surface area contributed by atoms with Crippen LogP contribution in [0.2, 0.25) is 0 Å². The van der Waals surface area contributed by atoms with Gasteiger partial charge in [-0.3, -0.25) is 0 Å². The Morgan fingerprint density at radius 3 is 2.71 bits per heavy atom. The fraction of sp³-hybridized carbons (Fsp3) is 0.625. The van der Waals surface area contributed by atoms with Crippen molar-refractivity contribution in [3.63, 3.8) is 0 Å². The Balaban J connectivity index is 2.46. The summed E-state index contributed by atoms with van der Waals surface area (Å²) in [6.45, 7) is 4.99. The highest BCUT2D eigenvalue weighted by molar-refractivity contribution is 7.89. The fourth-order valence-corrected chi connectivity index (χ4v) is 5.04. The number of hydrogen-bond donors (Lipinski definition) is 1. The van der Waals surface area contributed by atoms with Gasteiger partial charge in [-0.2, -0.15) is 4.31 Å². The van der Waals surface area contributed by atoms with Gasteiger partial charge in [-0.15, -0.1) is 0 Å². The molecular formula is C16H26N2O2S. The molecule has 0 spiro atoms. The maximum absolute atomic E-state index is 13.1. The molecule has 0 aromatic heterocycles. The number of hydrogen-bond acceptors (Lipinski definition) is 3. The second-order valence-corrected chi connectivity index (χ2v) is 7.67. The molecule has 1 aromatic rings. The topological polar surface area (TPSA) is 63.4 Å². The van der Waals surface area contributed by atoms with Gasteiger partial charge in [0.05, 0.1) is 4.90 Å². The van der Waals surface area contributed by atoms with Gasteiger partial charge < -0.3 is 5.73 Å². The molecule has 2 N–H and O–H groups in total. The van der Waals surface area contributed by atoms with Crippen LogP contribution in [0, 0.1) is 0 Å². The molecule has 1 aliphatic heterocycles. The highest BCUT2D eigenvalue weighted by Gasteiger charge is 2.31. The van der Waals surface area contributed by atoms with E-state index in [1.807, 2.05) is 26.0 Å². The molecule has 2 rings (SSSR count). The first-order valence-electron chi connectivity index (χ1n) is 7.84. The van der Waals surface area contributed by atoms with Crippen LogP contribution in [0.25, 0.3) is 0 Å². The van der Waals surface area contributed by atoms with Crippen LogP contribution < -0.4 is 5.73 Å². The first-order chi connectivity index (χ1) is 10.0. The Morgan fingerprint density at radius 2 is 2.05 bits per heavy atom. The van der Waals surface area contributed by atoms with Crippen molar-refractivity contribution in [2.75, 3.05) is 6.54 Å². The van der Waals surface area contributed by atoms with E-state index >= 15 is 0 Å². The SMILES string of the molecule is CCc1ccc(CN)cc1S(=O)(=O)N1CCCCCC1C. The molecule has 0 amide bonds. The van der Waals surface area contributed by atoms with E-state index in [1.165, 1.54) is 0 Å². The quantitative estimate of drug-likeness (QED) is 0.930.